The number of nitrogens with one attached hydrogen (secondary N) is 1. The van der Waals surface area contributed by atoms with Crippen LogP contribution in [0.2, 0.25) is 0 Å². The molecule has 5 heteroatoms. The molecule has 0 radical (unpaired) electrons. The van der Waals surface area contributed by atoms with E-state index in [2.05, 4.69) is 5.32 Å². The zero-order chi connectivity index (χ0) is 11.1. The number of rotatable bonds is 1. The Bertz CT molecular complexity index is 396. The van der Waals surface area contributed by atoms with Crippen LogP contribution in [-0.4, -0.2) is 18.5 Å². The van der Waals surface area contributed by atoms with E-state index in [9.17, 15) is 0 Å². The number of thioether (sulfide) groups is 1. The molecule has 0 aromatic heterocycles. The molecule has 0 spiro atoms. The first-order valence-electron chi connectivity index (χ1n) is 4.74. The van der Waals surface area contributed by atoms with Crippen molar-refractivity contribution in [3.8, 4) is 5.75 Å². The van der Waals surface area contributed by atoms with E-state index in [1.54, 1.807) is 17.8 Å². The summed E-state index contributed by atoms with van der Waals surface area (Å²) in [5, 5.41) is 3.13. The Morgan fingerprint density at radius 3 is 2.73 bits per heavy atom. The minimum absolute atomic E-state index is 0.375. The topological polar surface area (TPSA) is 73.3 Å². The van der Waals surface area contributed by atoms with Gasteiger partial charge in [0.15, 0.2) is 11.5 Å². The molecule has 1 atom stereocenters. The molecule has 1 aromatic carbocycles. The van der Waals surface area contributed by atoms with Gasteiger partial charge < -0.3 is 16.2 Å². The van der Waals surface area contributed by atoms with Gasteiger partial charge in [0.2, 0.25) is 0 Å². The molecular formula is C10H15N3OS. The summed E-state index contributed by atoms with van der Waals surface area (Å²) in [7, 11) is 1.87. The molecule has 0 bridgehead atoms. The predicted octanol–water partition coefficient (Wildman–Crippen LogP) is 1.27. The summed E-state index contributed by atoms with van der Waals surface area (Å²) in [6, 6.07) is 3.59. The standard InChI is InChI=1S/C10H15N3OS/c1-10(13-2)5-15-9-7(12)4-3-6(11)8(9)14-10/h3-4,13H,5,11-12H2,1-2H3. The lowest BCUT2D eigenvalue weighted by atomic mass is 10.2. The van der Waals surface area contributed by atoms with E-state index >= 15 is 0 Å². The van der Waals surface area contributed by atoms with Crippen LogP contribution in [0, 0.1) is 0 Å². The van der Waals surface area contributed by atoms with Crippen molar-refractivity contribution in [3.63, 3.8) is 0 Å². The maximum absolute atomic E-state index is 5.86. The lowest BCUT2D eigenvalue weighted by Gasteiger charge is -2.35. The molecule has 5 N–H and O–H groups in total. The first-order chi connectivity index (χ1) is 7.06. The molecule has 0 aliphatic carbocycles. The molecule has 82 valence electrons. The van der Waals surface area contributed by atoms with Crippen LogP contribution < -0.4 is 21.5 Å². The number of hydrogen-bond donors (Lipinski definition) is 3. The number of nitrogens with two attached hydrogens (primary N) is 2. The Morgan fingerprint density at radius 1 is 1.40 bits per heavy atom. The van der Waals surface area contributed by atoms with Crippen molar-refractivity contribution in [1.82, 2.24) is 5.32 Å². The average molecular weight is 225 g/mol. The number of nitrogen functional groups attached to an aromatic ring is 2. The summed E-state index contributed by atoms with van der Waals surface area (Å²) in [5.41, 5.74) is 12.7. The van der Waals surface area contributed by atoms with Crippen LogP contribution in [0.3, 0.4) is 0 Å². The van der Waals surface area contributed by atoms with Gasteiger partial charge in [-0.1, -0.05) is 0 Å². The van der Waals surface area contributed by atoms with Gasteiger partial charge in [-0.3, -0.25) is 5.32 Å². The average Bonchev–Trinajstić information content (AvgIpc) is 2.24. The van der Waals surface area contributed by atoms with E-state index in [0.29, 0.717) is 11.4 Å². The van der Waals surface area contributed by atoms with Crippen LogP contribution in [0.1, 0.15) is 6.92 Å². The summed E-state index contributed by atoms with van der Waals surface area (Å²) in [5.74, 6) is 1.51. The highest BCUT2D eigenvalue weighted by Crippen LogP contribution is 2.45. The highest BCUT2D eigenvalue weighted by molar-refractivity contribution is 7.99. The van der Waals surface area contributed by atoms with Crippen molar-refractivity contribution in [3.05, 3.63) is 12.1 Å². The molecule has 1 unspecified atom stereocenters. The number of hydrogen-bond acceptors (Lipinski definition) is 5. The second-order valence-corrected chi connectivity index (χ2v) is 4.76. The van der Waals surface area contributed by atoms with Crippen molar-refractivity contribution in [2.75, 3.05) is 24.3 Å². The highest BCUT2D eigenvalue weighted by atomic mass is 32.2. The zero-order valence-corrected chi connectivity index (χ0v) is 9.65. The van der Waals surface area contributed by atoms with Crippen LogP contribution in [0.4, 0.5) is 11.4 Å². The molecule has 0 saturated carbocycles. The lowest BCUT2D eigenvalue weighted by molar-refractivity contribution is 0.0791. The number of benzene rings is 1. The van der Waals surface area contributed by atoms with Gasteiger partial charge in [-0.2, -0.15) is 0 Å². The maximum atomic E-state index is 5.86. The number of fused-ring (bicyclic) bond motifs is 1. The Labute approximate surface area is 93.4 Å². The minimum atomic E-state index is -0.375. The summed E-state index contributed by atoms with van der Waals surface area (Å²) in [4.78, 5) is 0.947. The van der Waals surface area contributed by atoms with Gasteiger partial charge in [-0.15, -0.1) is 11.8 Å². The molecule has 0 amide bonds. The largest absolute Gasteiger partial charge is 0.469 e. The molecule has 2 rings (SSSR count). The van der Waals surface area contributed by atoms with E-state index in [1.165, 1.54) is 0 Å². The fourth-order valence-electron chi connectivity index (χ4n) is 1.44. The third-order valence-corrected chi connectivity index (χ3v) is 3.93. The second-order valence-electron chi connectivity index (χ2n) is 3.77. The van der Waals surface area contributed by atoms with Gasteiger partial charge >= 0.3 is 0 Å². The SMILES string of the molecule is CNC1(C)CSc2c(N)ccc(N)c2O1. The Kier molecular flexibility index (Phi) is 2.44. The summed E-state index contributed by atoms with van der Waals surface area (Å²) in [6.45, 7) is 1.99. The quantitative estimate of drug-likeness (QED) is 0.628. The smallest absolute Gasteiger partial charge is 0.167 e. The minimum Gasteiger partial charge on any atom is -0.469 e. The van der Waals surface area contributed by atoms with Crippen LogP contribution in [0.5, 0.6) is 5.75 Å². The van der Waals surface area contributed by atoms with Crippen LogP contribution in [0.15, 0.2) is 17.0 Å². The Balaban J connectivity index is 2.45. The lowest BCUT2D eigenvalue weighted by Crippen LogP contribution is -2.49. The molecule has 1 aliphatic heterocycles. The summed E-state index contributed by atoms with van der Waals surface area (Å²) < 4.78 is 5.84. The monoisotopic (exact) mass is 225 g/mol. The van der Waals surface area contributed by atoms with E-state index in [-0.39, 0.29) is 5.72 Å². The third-order valence-electron chi connectivity index (χ3n) is 2.52. The number of anilines is 2. The fourth-order valence-corrected chi connectivity index (χ4v) is 2.58. The molecule has 15 heavy (non-hydrogen) atoms. The summed E-state index contributed by atoms with van der Waals surface area (Å²) in [6.07, 6.45) is 0. The van der Waals surface area contributed by atoms with E-state index in [0.717, 1.165) is 16.3 Å². The molecule has 4 nitrogen and oxygen atoms in total. The molecule has 1 aromatic rings. The summed E-state index contributed by atoms with van der Waals surface area (Å²) >= 11 is 1.67. The first-order valence-corrected chi connectivity index (χ1v) is 5.73. The highest BCUT2D eigenvalue weighted by Gasteiger charge is 2.32. The normalized spacial score (nSPS) is 24.4. The van der Waals surface area contributed by atoms with E-state index in [4.69, 9.17) is 16.2 Å². The van der Waals surface area contributed by atoms with Crippen molar-refractivity contribution < 1.29 is 4.74 Å². The van der Waals surface area contributed by atoms with Gasteiger partial charge in [0.1, 0.15) is 0 Å². The van der Waals surface area contributed by atoms with Gasteiger partial charge in [-0.25, -0.2) is 0 Å². The molecular weight excluding hydrogens is 210 g/mol. The van der Waals surface area contributed by atoms with E-state index in [1.807, 2.05) is 20.0 Å². The Hall–Kier alpha value is -1.07. The van der Waals surface area contributed by atoms with Gasteiger partial charge in [0, 0.05) is 5.69 Å². The molecule has 0 saturated heterocycles. The maximum Gasteiger partial charge on any atom is 0.167 e. The van der Waals surface area contributed by atoms with Crippen LogP contribution in [-0.2, 0) is 0 Å². The fraction of sp³-hybridized carbons (Fsp3) is 0.400. The molecule has 1 heterocycles. The Morgan fingerprint density at radius 2 is 2.07 bits per heavy atom. The van der Waals surface area contributed by atoms with Crippen LogP contribution in [0.25, 0.3) is 0 Å². The molecule has 1 aliphatic rings. The van der Waals surface area contributed by atoms with Crippen molar-refractivity contribution in [2.45, 2.75) is 17.5 Å². The third kappa shape index (κ3) is 1.72. The van der Waals surface area contributed by atoms with Crippen LogP contribution >= 0.6 is 11.8 Å². The zero-order valence-electron chi connectivity index (χ0n) is 8.83. The van der Waals surface area contributed by atoms with Gasteiger partial charge in [-0.05, 0) is 26.1 Å². The van der Waals surface area contributed by atoms with E-state index < -0.39 is 0 Å². The molecule has 0 fully saturated rings. The van der Waals surface area contributed by atoms with Gasteiger partial charge in [0.05, 0.1) is 16.3 Å². The predicted molar refractivity (Wildman–Crippen MR) is 64.1 cm³/mol. The first kappa shape index (κ1) is 10.4. The van der Waals surface area contributed by atoms with Crippen molar-refractivity contribution in [2.24, 2.45) is 0 Å². The van der Waals surface area contributed by atoms with Gasteiger partial charge in [0.25, 0.3) is 0 Å². The van der Waals surface area contributed by atoms with Crippen molar-refractivity contribution in [1.29, 1.82) is 0 Å². The number of ether oxygens (including phenoxy) is 1. The van der Waals surface area contributed by atoms with Crippen molar-refractivity contribution >= 4 is 23.1 Å². The second kappa shape index (κ2) is 3.50.